The summed E-state index contributed by atoms with van der Waals surface area (Å²) in [6.45, 7) is 15.1. The van der Waals surface area contributed by atoms with Crippen molar-refractivity contribution in [3.05, 3.63) is 25.3 Å². The van der Waals surface area contributed by atoms with E-state index in [9.17, 15) is 14.4 Å². The van der Waals surface area contributed by atoms with Crippen LogP contribution >= 0.6 is 27.7 Å². The van der Waals surface area contributed by atoms with Gasteiger partial charge < -0.3 is 19.8 Å². The fraction of sp³-hybridized carbons (Fsp3) is 0.741. The van der Waals surface area contributed by atoms with Crippen LogP contribution in [-0.2, 0) is 14.4 Å². The maximum atomic E-state index is 14.3. The number of alkyl halides is 1. The van der Waals surface area contributed by atoms with Crippen molar-refractivity contribution in [1.82, 2.24) is 14.7 Å². The van der Waals surface area contributed by atoms with Crippen molar-refractivity contribution in [2.45, 2.75) is 79.3 Å². The van der Waals surface area contributed by atoms with E-state index in [2.05, 4.69) is 29.1 Å². The third kappa shape index (κ3) is 5.17. The number of rotatable bonds is 12. The van der Waals surface area contributed by atoms with Gasteiger partial charge in [0.25, 0.3) is 0 Å². The Labute approximate surface area is 228 Å². The van der Waals surface area contributed by atoms with Crippen LogP contribution in [0.15, 0.2) is 25.3 Å². The quantitative estimate of drug-likeness (QED) is 0.216. The molecular weight excluding hydrogens is 542 g/mol. The lowest BCUT2D eigenvalue weighted by Gasteiger charge is -2.42. The zero-order valence-corrected chi connectivity index (χ0v) is 24.5. The number of hydrogen-bond donors (Lipinski definition) is 1. The zero-order chi connectivity index (χ0) is 26.8. The molecule has 3 unspecified atom stereocenters. The van der Waals surface area contributed by atoms with Crippen molar-refractivity contribution in [2.75, 3.05) is 33.3 Å². The largest absolute Gasteiger partial charge is 0.396 e. The van der Waals surface area contributed by atoms with Crippen molar-refractivity contribution in [2.24, 2.45) is 11.8 Å². The summed E-state index contributed by atoms with van der Waals surface area (Å²) < 4.78 is -0.641. The Bertz CT molecular complexity index is 878. The number of fused-ring (bicyclic) bond motifs is 1. The van der Waals surface area contributed by atoms with Gasteiger partial charge in [0.2, 0.25) is 17.7 Å². The Morgan fingerprint density at radius 2 is 1.81 bits per heavy atom. The summed E-state index contributed by atoms with van der Waals surface area (Å²) in [6, 6.07) is -0.621. The SMILES string of the molecule is C=CCN(C)C(=O)[C@H]1[C@@H]2SC3(CC2Br)C(C(=O)N(CC=C)C(C)(C)C)N(CCCCCCO)C(=O)[C@H]13. The molecule has 36 heavy (non-hydrogen) atoms. The molecule has 0 aliphatic carbocycles. The molecule has 7 nitrogen and oxygen atoms in total. The predicted molar refractivity (Wildman–Crippen MR) is 149 cm³/mol. The van der Waals surface area contributed by atoms with Crippen LogP contribution < -0.4 is 0 Å². The number of amides is 3. The van der Waals surface area contributed by atoms with E-state index in [0.29, 0.717) is 26.1 Å². The Morgan fingerprint density at radius 1 is 1.17 bits per heavy atom. The summed E-state index contributed by atoms with van der Waals surface area (Å²) in [5, 5.41) is 9.07. The van der Waals surface area contributed by atoms with Crippen LogP contribution in [0.2, 0.25) is 0 Å². The van der Waals surface area contributed by atoms with Crippen LogP contribution in [0.3, 0.4) is 0 Å². The standard InChI is InChI=1S/C27H42BrN3O4S/c1-7-13-29(6)23(33)19-20-24(34)30(15-11-9-10-12-16-32)22(27(20)17-18(28)21(19)36-27)25(35)31(14-8-2)26(3,4)5/h7-8,18-22,32H,1-2,9-17H2,3-6H3/t18?,19-,20+,21-,22?,27?/m1/s1. The minimum atomic E-state index is -0.641. The molecule has 3 rings (SSSR count). The van der Waals surface area contributed by atoms with Crippen LogP contribution in [-0.4, -0.2) is 97.2 Å². The molecule has 3 aliphatic rings. The number of carbonyl (C=O) groups excluding carboxylic acids is 3. The third-order valence-electron chi connectivity index (χ3n) is 7.78. The highest BCUT2D eigenvalue weighted by Crippen LogP contribution is 2.68. The number of likely N-dealkylation sites (N-methyl/N-ethyl adjacent to an activating group) is 1. The van der Waals surface area contributed by atoms with Gasteiger partial charge >= 0.3 is 0 Å². The first-order valence-corrected chi connectivity index (χ1v) is 14.8. The van der Waals surface area contributed by atoms with Gasteiger partial charge in [0.05, 0.1) is 16.6 Å². The average molecular weight is 585 g/mol. The van der Waals surface area contributed by atoms with Crippen LogP contribution in [0, 0.1) is 11.8 Å². The summed E-state index contributed by atoms with van der Waals surface area (Å²) in [6.07, 6.45) is 7.35. The van der Waals surface area contributed by atoms with Gasteiger partial charge in [-0.2, -0.15) is 0 Å². The number of nitrogens with zero attached hydrogens (tertiary/aromatic N) is 3. The number of halogens is 1. The van der Waals surface area contributed by atoms with Gasteiger partial charge in [-0.05, 0) is 40.0 Å². The maximum Gasteiger partial charge on any atom is 0.247 e. The van der Waals surface area contributed by atoms with E-state index in [1.165, 1.54) is 0 Å². The molecule has 3 fully saturated rings. The molecule has 2 bridgehead atoms. The van der Waals surface area contributed by atoms with Gasteiger partial charge in [-0.1, -0.05) is 40.9 Å². The number of hydrogen-bond acceptors (Lipinski definition) is 5. The number of thioether (sulfide) groups is 1. The second-order valence-corrected chi connectivity index (χ2v) is 14.0. The van der Waals surface area contributed by atoms with Gasteiger partial charge in [-0.25, -0.2) is 0 Å². The summed E-state index contributed by atoms with van der Waals surface area (Å²) in [5.41, 5.74) is -0.440. The van der Waals surface area contributed by atoms with Crippen LogP contribution in [0.25, 0.3) is 0 Å². The monoisotopic (exact) mass is 583 g/mol. The van der Waals surface area contributed by atoms with Crippen molar-refractivity contribution in [1.29, 1.82) is 0 Å². The van der Waals surface area contributed by atoms with E-state index in [4.69, 9.17) is 5.11 Å². The van der Waals surface area contributed by atoms with Crippen molar-refractivity contribution in [3.8, 4) is 0 Å². The van der Waals surface area contributed by atoms with E-state index in [1.807, 2.05) is 25.7 Å². The normalized spacial score (nSPS) is 30.9. The van der Waals surface area contributed by atoms with Crippen molar-refractivity contribution < 1.29 is 19.5 Å². The average Bonchev–Trinajstić information content (AvgIpc) is 3.39. The smallest absolute Gasteiger partial charge is 0.247 e. The molecular formula is C27H42BrN3O4S. The van der Waals surface area contributed by atoms with Crippen LogP contribution in [0.4, 0.5) is 0 Å². The topological polar surface area (TPSA) is 81.2 Å². The molecule has 1 N–H and O–H groups in total. The molecule has 3 aliphatic heterocycles. The molecule has 6 atom stereocenters. The number of aliphatic hydroxyl groups excluding tert-OH is 1. The van der Waals surface area contributed by atoms with Crippen LogP contribution in [0.1, 0.15) is 52.9 Å². The molecule has 0 radical (unpaired) electrons. The number of carbonyl (C=O) groups is 3. The lowest BCUT2D eigenvalue weighted by molar-refractivity contribution is -0.146. The minimum absolute atomic E-state index is 0.0495. The Kier molecular flexibility index (Phi) is 9.42. The fourth-order valence-electron chi connectivity index (χ4n) is 6.19. The molecule has 1 spiro atoms. The molecule has 0 aromatic heterocycles. The number of likely N-dealkylation sites (tertiary alicyclic amines) is 1. The minimum Gasteiger partial charge on any atom is -0.396 e. The lowest BCUT2D eigenvalue weighted by Crippen LogP contribution is -2.59. The maximum absolute atomic E-state index is 14.3. The summed E-state index contributed by atoms with van der Waals surface area (Å²) in [5.74, 6) is -1.16. The van der Waals surface area contributed by atoms with Crippen molar-refractivity contribution >= 4 is 45.4 Å². The first kappa shape index (κ1) is 29.2. The summed E-state index contributed by atoms with van der Waals surface area (Å²) in [7, 11) is 1.75. The van der Waals surface area contributed by atoms with E-state index in [0.717, 1.165) is 25.7 Å². The van der Waals surface area contributed by atoms with E-state index in [-0.39, 0.29) is 34.4 Å². The molecule has 3 saturated heterocycles. The molecule has 0 aromatic rings. The van der Waals surface area contributed by atoms with Crippen LogP contribution in [0.5, 0.6) is 0 Å². The molecule has 9 heteroatoms. The van der Waals surface area contributed by atoms with Gasteiger partial charge in [0, 0.05) is 48.9 Å². The fourth-order valence-corrected chi connectivity index (χ4v) is 9.79. The Hall–Kier alpha value is -1.32. The first-order chi connectivity index (χ1) is 17.0. The molecule has 3 heterocycles. The molecule has 0 aromatic carbocycles. The molecule has 3 amide bonds. The third-order valence-corrected chi connectivity index (χ3v) is 11.0. The van der Waals surface area contributed by atoms with Gasteiger partial charge in [0.1, 0.15) is 6.04 Å². The van der Waals surface area contributed by atoms with E-state index >= 15 is 0 Å². The Morgan fingerprint density at radius 3 is 2.39 bits per heavy atom. The van der Waals surface area contributed by atoms with Gasteiger partial charge in [-0.15, -0.1) is 24.9 Å². The van der Waals surface area contributed by atoms with E-state index < -0.39 is 28.2 Å². The Balaban J connectivity index is 2.02. The van der Waals surface area contributed by atoms with E-state index in [1.54, 1.807) is 40.8 Å². The van der Waals surface area contributed by atoms with Gasteiger partial charge in [0.15, 0.2) is 0 Å². The number of aliphatic hydroxyl groups is 1. The molecule has 202 valence electrons. The lowest BCUT2D eigenvalue weighted by atomic mass is 9.70. The zero-order valence-electron chi connectivity index (χ0n) is 22.1. The second kappa shape index (κ2) is 11.6. The highest BCUT2D eigenvalue weighted by molar-refractivity contribution is 9.09. The summed E-state index contributed by atoms with van der Waals surface area (Å²) in [4.78, 5) is 47.4. The molecule has 0 saturated carbocycles. The first-order valence-electron chi connectivity index (χ1n) is 13.0. The number of unbranched alkanes of at least 4 members (excludes halogenated alkanes) is 3. The van der Waals surface area contributed by atoms with Crippen molar-refractivity contribution in [3.63, 3.8) is 0 Å². The summed E-state index contributed by atoms with van der Waals surface area (Å²) >= 11 is 5.50. The second-order valence-electron chi connectivity index (χ2n) is 11.2. The highest BCUT2D eigenvalue weighted by atomic mass is 79.9. The predicted octanol–water partition coefficient (Wildman–Crippen LogP) is 3.46. The highest BCUT2D eigenvalue weighted by Gasteiger charge is 2.76. The van der Waals surface area contributed by atoms with Gasteiger partial charge in [-0.3, -0.25) is 14.4 Å².